The summed E-state index contributed by atoms with van der Waals surface area (Å²) in [5.41, 5.74) is 3.00. The van der Waals surface area contributed by atoms with Gasteiger partial charge >= 0.3 is 0 Å². The molecule has 3 heteroatoms. The summed E-state index contributed by atoms with van der Waals surface area (Å²) in [6.45, 7) is 4.50. The molecule has 0 spiro atoms. The van der Waals surface area contributed by atoms with E-state index in [-0.39, 0.29) is 5.75 Å². The Morgan fingerprint density at radius 3 is 2.31 bits per heavy atom. The number of hydrogen-bond donors (Lipinski definition) is 1. The molecule has 0 unspecified atom stereocenters. The fourth-order valence-corrected chi connectivity index (χ4v) is 4.84. The predicted octanol–water partition coefficient (Wildman–Crippen LogP) is 8.07. The van der Waals surface area contributed by atoms with Gasteiger partial charge in [-0.3, -0.25) is 0 Å². The van der Waals surface area contributed by atoms with Crippen molar-refractivity contribution in [2.24, 2.45) is 11.8 Å². The Morgan fingerprint density at radius 1 is 0.906 bits per heavy atom. The molecule has 0 aliphatic heterocycles. The summed E-state index contributed by atoms with van der Waals surface area (Å²) in [6, 6.07) is 5.90. The van der Waals surface area contributed by atoms with Gasteiger partial charge in [0.05, 0.1) is 5.56 Å². The molecule has 32 heavy (non-hydrogen) atoms. The van der Waals surface area contributed by atoms with Crippen LogP contribution in [0.1, 0.15) is 95.6 Å². The number of phenols is 1. The molecule has 2 aromatic rings. The molecule has 0 radical (unpaired) electrons. The van der Waals surface area contributed by atoms with E-state index in [9.17, 15) is 5.11 Å². The number of aryl methyl sites for hydroxylation is 1. The highest BCUT2D eigenvalue weighted by Crippen LogP contribution is 2.33. The van der Waals surface area contributed by atoms with Crippen LogP contribution in [0.3, 0.4) is 0 Å². The van der Waals surface area contributed by atoms with Gasteiger partial charge in [-0.1, -0.05) is 70.6 Å². The number of allylic oxidation sites excluding steroid dienone is 2. The fourth-order valence-electron chi connectivity index (χ4n) is 4.84. The molecule has 0 saturated heterocycles. The van der Waals surface area contributed by atoms with Gasteiger partial charge in [0.1, 0.15) is 5.75 Å². The van der Waals surface area contributed by atoms with Crippen LogP contribution >= 0.6 is 0 Å². The van der Waals surface area contributed by atoms with Gasteiger partial charge in [0, 0.05) is 12.4 Å². The molecule has 0 bridgehead atoms. The van der Waals surface area contributed by atoms with E-state index in [0.717, 1.165) is 30.2 Å². The maximum atomic E-state index is 10.5. The van der Waals surface area contributed by atoms with Crippen molar-refractivity contribution in [3.05, 3.63) is 53.9 Å². The van der Waals surface area contributed by atoms with E-state index in [0.29, 0.717) is 11.4 Å². The van der Waals surface area contributed by atoms with Gasteiger partial charge in [-0.15, -0.1) is 0 Å². The maximum Gasteiger partial charge on any atom is 0.162 e. The minimum atomic E-state index is 0.266. The average Bonchev–Trinajstić information content (AvgIpc) is 2.81. The number of aromatic hydroxyl groups is 1. The summed E-state index contributed by atoms with van der Waals surface area (Å²) in [5, 5.41) is 10.5. The molecule has 1 aromatic heterocycles. The first-order chi connectivity index (χ1) is 15.7. The Morgan fingerprint density at radius 2 is 1.62 bits per heavy atom. The Hall–Kier alpha value is -2.16. The zero-order valence-electron chi connectivity index (χ0n) is 20.2. The van der Waals surface area contributed by atoms with Gasteiger partial charge in [-0.25, -0.2) is 9.97 Å². The van der Waals surface area contributed by atoms with Crippen LogP contribution in [0.5, 0.6) is 5.75 Å². The van der Waals surface area contributed by atoms with E-state index >= 15 is 0 Å². The van der Waals surface area contributed by atoms with E-state index in [4.69, 9.17) is 0 Å². The van der Waals surface area contributed by atoms with Crippen LogP contribution in [0.15, 0.2) is 42.7 Å². The lowest BCUT2D eigenvalue weighted by Crippen LogP contribution is -2.13. The molecule has 1 aliphatic rings. The largest absolute Gasteiger partial charge is 0.507 e. The van der Waals surface area contributed by atoms with Crippen LogP contribution in [0.4, 0.5) is 0 Å². The molecular formula is C29H42N2O. The van der Waals surface area contributed by atoms with Crippen LogP contribution in [0.25, 0.3) is 11.4 Å². The van der Waals surface area contributed by atoms with Crippen molar-refractivity contribution in [2.45, 2.75) is 97.3 Å². The van der Waals surface area contributed by atoms with Crippen molar-refractivity contribution in [1.29, 1.82) is 0 Å². The summed E-state index contributed by atoms with van der Waals surface area (Å²) in [6.07, 6.45) is 25.0. The standard InChI is InChI=1S/C29H42N2O/c1-3-5-7-10-23-14-16-24(17-15-23)12-9-13-25-18-19-27(28(32)20-25)29-30-21-26(22-31-29)11-8-6-4-2/h9,12,18-24,32H,3-8,10-11,13-17H2,1-2H3. The van der Waals surface area contributed by atoms with E-state index < -0.39 is 0 Å². The first-order valence-corrected chi connectivity index (χ1v) is 13.0. The van der Waals surface area contributed by atoms with Crippen molar-refractivity contribution in [1.82, 2.24) is 9.97 Å². The molecule has 0 atom stereocenters. The average molecular weight is 435 g/mol. The highest BCUT2D eigenvalue weighted by molar-refractivity contribution is 5.64. The smallest absolute Gasteiger partial charge is 0.162 e. The molecule has 1 saturated carbocycles. The van der Waals surface area contributed by atoms with Crippen molar-refractivity contribution in [3.8, 4) is 17.1 Å². The Balaban J connectivity index is 1.47. The number of benzene rings is 1. The van der Waals surface area contributed by atoms with Gasteiger partial charge in [0.25, 0.3) is 0 Å². The van der Waals surface area contributed by atoms with Crippen LogP contribution in [-0.2, 0) is 12.8 Å². The zero-order chi connectivity index (χ0) is 22.6. The number of aromatic nitrogens is 2. The molecule has 1 N–H and O–H groups in total. The second kappa shape index (κ2) is 13.4. The molecular weight excluding hydrogens is 392 g/mol. The third kappa shape index (κ3) is 7.76. The monoisotopic (exact) mass is 434 g/mol. The zero-order valence-corrected chi connectivity index (χ0v) is 20.2. The third-order valence-electron chi connectivity index (χ3n) is 6.95. The van der Waals surface area contributed by atoms with Crippen LogP contribution in [0.2, 0.25) is 0 Å². The van der Waals surface area contributed by atoms with E-state index in [2.05, 4.69) is 42.0 Å². The van der Waals surface area contributed by atoms with Crippen molar-refractivity contribution >= 4 is 0 Å². The summed E-state index contributed by atoms with van der Waals surface area (Å²) < 4.78 is 0. The van der Waals surface area contributed by atoms with Gasteiger partial charge in [0.15, 0.2) is 5.82 Å². The minimum Gasteiger partial charge on any atom is -0.507 e. The summed E-state index contributed by atoms with van der Waals surface area (Å²) in [4.78, 5) is 8.97. The first-order valence-electron chi connectivity index (χ1n) is 13.0. The first kappa shape index (κ1) is 24.5. The highest BCUT2D eigenvalue weighted by atomic mass is 16.3. The van der Waals surface area contributed by atoms with Gasteiger partial charge in [-0.05, 0) is 80.0 Å². The number of nitrogens with zero attached hydrogens (tertiary/aromatic N) is 2. The number of rotatable bonds is 12. The number of unbranched alkanes of at least 4 members (excludes halogenated alkanes) is 4. The molecule has 0 amide bonds. The lowest BCUT2D eigenvalue weighted by Gasteiger charge is -2.26. The molecule has 1 heterocycles. The maximum absolute atomic E-state index is 10.5. The molecule has 3 rings (SSSR count). The van der Waals surface area contributed by atoms with Crippen molar-refractivity contribution < 1.29 is 5.11 Å². The predicted molar refractivity (Wildman–Crippen MR) is 135 cm³/mol. The molecule has 1 aromatic carbocycles. The van der Waals surface area contributed by atoms with Crippen molar-refractivity contribution in [2.75, 3.05) is 0 Å². The quantitative estimate of drug-likeness (QED) is 0.271. The van der Waals surface area contributed by atoms with Crippen molar-refractivity contribution in [3.63, 3.8) is 0 Å². The third-order valence-corrected chi connectivity index (χ3v) is 6.95. The van der Waals surface area contributed by atoms with Gasteiger partial charge in [-0.2, -0.15) is 0 Å². The second-order valence-corrected chi connectivity index (χ2v) is 9.63. The lowest BCUT2D eigenvalue weighted by atomic mass is 9.79. The molecule has 1 aliphatic carbocycles. The molecule has 1 fully saturated rings. The lowest BCUT2D eigenvalue weighted by molar-refractivity contribution is 0.289. The Bertz CT molecular complexity index is 820. The van der Waals surface area contributed by atoms with Gasteiger partial charge < -0.3 is 5.11 Å². The van der Waals surface area contributed by atoms with E-state index in [1.807, 2.05) is 24.5 Å². The summed E-state index contributed by atoms with van der Waals surface area (Å²) in [7, 11) is 0. The Kier molecular flexibility index (Phi) is 10.3. The van der Waals surface area contributed by atoms with E-state index in [1.54, 1.807) is 0 Å². The number of phenolic OH excluding ortho intramolecular Hbond substituents is 1. The Labute approximate surface area is 195 Å². The topological polar surface area (TPSA) is 46.0 Å². The summed E-state index contributed by atoms with van der Waals surface area (Å²) >= 11 is 0. The summed E-state index contributed by atoms with van der Waals surface area (Å²) in [5.74, 6) is 2.56. The van der Waals surface area contributed by atoms with E-state index in [1.165, 1.54) is 76.2 Å². The SMILES string of the molecule is CCCCCc1cnc(-c2ccc(CC=CC3CCC(CCCCC)CC3)cc2O)nc1. The fraction of sp³-hybridized carbons (Fsp3) is 0.586. The van der Waals surface area contributed by atoms with Gasteiger partial charge in [0.2, 0.25) is 0 Å². The highest BCUT2D eigenvalue weighted by Gasteiger charge is 2.18. The minimum absolute atomic E-state index is 0.266. The second-order valence-electron chi connectivity index (χ2n) is 9.63. The molecule has 174 valence electrons. The number of hydrogen-bond acceptors (Lipinski definition) is 3. The van der Waals surface area contributed by atoms with Crippen LogP contribution in [0, 0.1) is 11.8 Å². The normalized spacial score (nSPS) is 18.9. The molecule has 3 nitrogen and oxygen atoms in total. The van der Waals surface area contributed by atoms with Crippen LogP contribution < -0.4 is 0 Å². The van der Waals surface area contributed by atoms with Crippen LogP contribution in [-0.4, -0.2) is 15.1 Å².